The van der Waals surface area contributed by atoms with Crippen molar-refractivity contribution in [3.8, 4) is 17.4 Å². The number of anilines is 1. The lowest BCUT2D eigenvalue weighted by atomic mass is 10.2. The molecule has 1 heterocycles. The molecule has 0 radical (unpaired) electrons. The van der Waals surface area contributed by atoms with Crippen molar-refractivity contribution < 1.29 is 9.47 Å². The van der Waals surface area contributed by atoms with E-state index in [9.17, 15) is 0 Å². The van der Waals surface area contributed by atoms with E-state index >= 15 is 0 Å². The molecule has 0 spiro atoms. The van der Waals surface area contributed by atoms with Crippen LogP contribution in [0, 0.1) is 0 Å². The molecule has 24 heavy (non-hydrogen) atoms. The number of rotatable bonds is 7. The van der Waals surface area contributed by atoms with Gasteiger partial charge in [-0.05, 0) is 36.8 Å². The van der Waals surface area contributed by atoms with E-state index in [-0.39, 0.29) is 0 Å². The van der Waals surface area contributed by atoms with Crippen molar-refractivity contribution >= 4 is 5.95 Å². The Morgan fingerprint density at radius 2 is 1.67 bits per heavy atom. The second kappa shape index (κ2) is 7.97. The predicted molar refractivity (Wildman–Crippen MR) is 93.5 cm³/mol. The van der Waals surface area contributed by atoms with Crippen molar-refractivity contribution in [3.05, 3.63) is 72.4 Å². The van der Waals surface area contributed by atoms with Gasteiger partial charge in [0.25, 0.3) is 0 Å². The van der Waals surface area contributed by atoms with Crippen molar-refractivity contribution in [1.82, 2.24) is 9.97 Å². The fraction of sp³-hybridized carbons (Fsp3) is 0.158. The summed E-state index contributed by atoms with van der Waals surface area (Å²) in [5.41, 5.74) is 1.13. The van der Waals surface area contributed by atoms with Crippen LogP contribution in [0.3, 0.4) is 0 Å². The number of nitrogens with one attached hydrogen (secondary N) is 1. The molecule has 3 aromatic rings. The lowest BCUT2D eigenvalue weighted by Gasteiger charge is -2.09. The van der Waals surface area contributed by atoms with Crippen molar-refractivity contribution in [1.29, 1.82) is 0 Å². The highest BCUT2D eigenvalue weighted by Crippen LogP contribution is 2.23. The van der Waals surface area contributed by atoms with Gasteiger partial charge in [-0.25, -0.2) is 4.98 Å². The average Bonchev–Trinajstić information content (AvgIpc) is 2.63. The minimum atomic E-state index is 0.499. The fourth-order valence-corrected chi connectivity index (χ4v) is 2.11. The molecule has 1 aromatic heterocycles. The Morgan fingerprint density at radius 3 is 2.42 bits per heavy atom. The molecule has 0 unspecified atom stereocenters. The maximum atomic E-state index is 5.76. The Hall–Kier alpha value is -3.08. The zero-order valence-corrected chi connectivity index (χ0v) is 13.5. The summed E-state index contributed by atoms with van der Waals surface area (Å²) in [6, 6.07) is 19.3. The second-order valence-electron chi connectivity index (χ2n) is 5.10. The Bertz CT molecular complexity index is 761. The van der Waals surface area contributed by atoms with Crippen LogP contribution in [0.4, 0.5) is 5.95 Å². The summed E-state index contributed by atoms with van der Waals surface area (Å²) in [6.07, 6.45) is 1.66. The van der Waals surface area contributed by atoms with Gasteiger partial charge in [-0.1, -0.05) is 30.3 Å². The molecular weight excluding hydrogens is 302 g/mol. The zero-order valence-electron chi connectivity index (χ0n) is 13.5. The van der Waals surface area contributed by atoms with Gasteiger partial charge < -0.3 is 14.8 Å². The molecule has 0 atom stereocenters. The number of ether oxygens (including phenoxy) is 2. The van der Waals surface area contributed by atoms with Crippen molar-refractivity contribution in [2.75, 3.05) is 11.9 Å². The zero-order chi connectivity index (χ0) is 16.6. The molecule has 122 valence electrons. The van der Waals surface area contributed by atoms with E-state index in [0.717, 1.165) is 17.9 Å². The third kappa shape index (κ3) is 4.46. The van der Waals surface area contributed by atoms with E-state index < -0.39 is 0 Å². The molecule has 5 heteroatoms. The van der Waals surface area contributed by atoms with Gasteiger partial charge in [0.1, 0.15) is 18.1 Å². The number of hydrogen-bond donors (Lipinski definition) is 1. The minimum absolute atomic E-state index is 0.499. The van der Waals surface area contributed by atoms with Crippen LogP contribution in [0.5, 0.6) is 17.4 Å². The lowest BCUT2D eigenvalue weighted by molar-refractivity contribution is 0.305. The Labute approximate surface area is 141 Å². The first-order chi connectivity index (χ1) is 11.8. The van der Waals surface area contributed by atoms with E-state index in [1.807, 2.05) is 61.5 Å². The molecule has 0 saturated heterocycles. The van der Waals surface area contributed by atoms with Crippen molar-refractivity contribution in [2.24, 2.45) is 0 Å². The molecule has 0 bridgehead atoms. The molecule has 0 amide bonds. The molecule has 1 N–H and O–H groups in total. The van der Waals surface area contributed by atoms with Gasteiger partial charge in [-0.15, -0.1) is 0 Å². The molecule has 0 fully saturated rings. The Kier molecular flexibility index (Phi) is 5.24. The first-order valence-corrected chi connectivity index (χ1v) is 7.85. The third-order valence-electron chi connectivity index (χ3n) is 3.26. The number of benzene rings is 2. The van der Waals surface area contributed by atoms with E-state index in [1.165, 1.54) is 0 Å². The van der Waals surface area contributed by atoms with Gasteiger partial charge in [0.05, 0.1) is 0 Å². The fourth-order valence-electron chi connectivity index (χ4n) is 2.11. The van der Waals surface area contributed by atoms with Crippen LogP contribution in [0.25, 0.3) is 0 Å². The summed E-state index contributed by atoms with van der Waals surface area (Å²) >= 11 is 0. The highest BCUT2D eigenvalue weighted by molar-refractivity contribution is 5.35. The van der Waals surface area contributed by atoms with Gasteiger partial charge in [-0.3, -0.25) is 0 Å². The predicted octanol–water partition coefficient (Wildman–Crippen LogP) is 4.28. The number of hydrogen-bond acceptors (Lipinski definition) is 5. The monoisotopic (exact) mass is 321 g/mol. The first-order valence-electron chi connectivity index (χ1n) is 7.85. The Morgan fingerprint density at radius 1 is 0.917 bits per heavy atom. The minimum Gasteiger partial charge on any atom is -0.489 e. The normalized spacial score (nSPS) is 10.2. The largest absolute Gasteiger partial charge is 0.489 e. The van der Waals surface area contributed by atoms with Crippen LogP contribution >= 0.6 is 0 Å². The van der Waals surface area contributed by atoms with Crippen molar-refractivity contribution in [2.45, 2.75) is 13.5 Å². The molecular formula is C19H19N3O2. The number of aromatic nitrogens is 2. The quantitative estimate of drug-likeness (QED) is 0.704. The van der Waals surface area contributed by atoms with Gasteiger partial charge >= 0.3 is 0 Å². The molecule has 2 aromatic carbocycles. The summed E-state index contributed by atoms with van der Waals surface area (Å²) in [5, 5.41) is 3.05. The van der Waals surface area contributed by atoms with Gasteiger partial charge in [0.15, 0.2) is 0 Å². The van der Waals surface area contributed by atoms with Crippen LogP contribution in [0.15, 0.2) is 66.9 Å². The van der Waals surface area contributed by atoms with Crippen LogP contribution in [-0.4, -0.2) is 16.5 Å². The highest BCUT2D eigenvalue weighted by Gasteiger charge is 2.02. The summed E-state index contributed by atoms with van der Waals surface area (Å²) in [7, 11) is 0. The maximum Gasteiger partial charge on any atom is 0.225 e. The van der Waals surface area contributed by atoms with E-state index in [4.69, 9.17) is 9.47 Å². The second-order valence-corrected chi connectivity index (χ2v) is 5.10. The molecule has 0 aliphatic rings. The molecule has 0 saturated carbocycles. The standard InChI is InChI=1S/C19H19N3O2/c1-2-20-19-21-13-12-18(22-19)24-17-10-8-16(9-11-17)23-14-15-6-4-3-5-7-15/h3-13H,2,14H2,1H3,(H,20,21,22). The third-order valence-corrected chi connectivity index (χ3v) is 3.26. The van der Waals surface area contributed by atoms with Gasteiger partial charge in [0.2, 0.25) is 11.8 Å². The highest BCUT2D eigenvalue weighted by atomic mass is 16.5. The van der Waals surface area contributed by atoms with Crippen LogP contribution in [0.2, 0.25) is 0 Å². The molecule has 0 aliphatic carbocycles. The van der Waals surface area contributed by atoms with Crippen LogP contribution in [0.1, 0.15) is 12.5 Å². The summed E-state index contributed by atoms with van der Waals surface area (Å²) in [4.78, 5) is 8.40. The number of nitrogens with zero attached hydrogens (tertiary/aromatic N) is 2. The lowest BCUT2D eigenvalue weighted by Crippen LogP contribution is -2.02. The smallest absolute Gasteiger partial charge is 0.225 e. The topological polar surface area (TPSA) is 56.3 Å². The summed E-state index contributed by atoms with van der Waals surface area (Å²) in [5.74, 6) is 2.54. The molecule has 5 nitrogen and oxygen atoms in total. The summed E-state index contributed by atoms with van der Waals surface area (Å²) in [6.45, 7) is 3.29. The Balaban J connectivity index is 1.59. The summed E-state index contributed by atoms with van der Waals surface area (Å²) < 4.78 is 11.5. The van der Waals surface area contributed by atoms with Gasteiger partial charge in [-0.2, -0.15) is 4.98 Å². The van der Waals surface area contributed by atoms with Crippen LogP contribution < -0.4 is 14.8 Å². The van der Waals surface area contributed by atoms with E-state index in [2.05, 4.69) is 15.3 Å². The van der Waals surface area contributed by atoms with Crippen LogP contribution in [-0.2, 0) is 6.61 Å². The molecule has 3 rings (SSSR count). The average molecular weight is 321 g/mol. The van der Waals surface area contributed by atoms with Gasteiger partial charge in [0, 0.05) is 18.8 Å². The first kappa shape index (κ1) is 15.8. The molecule has 0 aliphatic heterocycles. The van der Waals surface area contributed by atoms with Crippen molar-refractivity contribution in [3.63, 3.8) is 0 Å². The SMILES string of the molecule is CCNc1nccc(Oc2ccc(OCc3ccccc3)cc2)n1. The van der Waals surface area contributed by atoms with E-state index in [0.29, 0.717) is 24.2 Å². The maximum absolute atomic E-state index is 5.76. The van der Waals surface area contributed by atoms with E-state index in [1.54, 1.807) is 12.3 Å².